The Morgan fingerprint density at radius 1 is 1.37 bits per heavy atom. The molecule has 2 unspecified atom stereocenters. The van der Waals surface area contributed by atoms with Crippen molar-refractivity contribution in [3.8, 4) is 0 Å². The molecule has 1 aliphatic rings. The van der Waals surface area contributed by atoms with Crippen LogP contribution in [0, 0.1) is 12.8 Å². The molecule has 0 bridgehead atoms. The van der Waals surface area contributed by atoms with E-state index in [1.54, 1.807) is 11.3 Å². The van der Waals surface area contributed by atoms with Crippen LogP contribution in [0.1, 0.15) is 28.2 Å². The zero-order chi connectivity index (χ0) is 13.2. The van der Waals surface area contributed by atoms with Gasteiger partial charge in [-0.2, -0.15) is 0 Å². The van der Waals surface area contributed by atoms with Gasteiger partial charge in [0.2, 0.25) is 0 Å². The number of thiazole rings is 1. The minimum atomic E-state index is -0.265. The highest BCUT2D eigenvalue weighted by molar-refractivity contribution is 7.09. The number of benzene rings is 1. The Bertz CT molecular complexity index is 563. The largest absolute Gasteiger partial charge is 0.392 e. The van der Waals surface area contributed by atoms with E-state index in [-0.39, 0.29) is 6.10 Å². The van der Waals surface area contributed by atoms with E-state index in [0.29, 0.717) is 12.3 Å². The minimum Gasteiger partial charge on any atom is -0.392 e. The number of aliphatic hydroxyl groups excluding tert-OH is 1. The van der Waals surface area contributed by atoms with E-state index in [0.717, 1.165) is 30.0 Å². The molecule has 1 aliphatic carbocycles. The number of rotatable bonds is 3. The normalized spacial score (nSPS) is 20.0. The van der Waals surface area contributed by atoms with Gasteiger partial charge >= 0.3 is 0 Å². The molecule has 3 heteroatoms. The maximum absolute atomic E-state index is 10.4. The van der Waals surface area contributed by atoms with Crippen LogP contribution >= 0.6 is 11.3 Å². The molecule has 2 aromatic rings. The van der Waals surface area contributed by atoms with Gasteiger partial charge in [0, 0.05) is 17.5 Å². The maximum atomic E-state index is 10.4. The fourth-order valence-corrected chi connectivity index (χ4v) is 3.72. The molecule has 0 saturated heterocycles. The summed E-state index contributed by atoms with van der Waals surface area (Å²) in [4.78, 5) is 4.45. The van der Waals surface area contributed by atoms with Crippen LogP contribution in [0.15, 0.2) is 29.6 Å². The van der Waals surface area contributed by atoms with Gasteiger partial charge in [-0.15, -0.1) is 11.3 Å². The highest BCUT2D eigenvalue weighted by Crippen LogP contribution is 2.29. The number of fused-ring (bicyclic) bond motifs is 1. The highest BCUT2D eigenvalue weighted by Gasteiger charge is 2.25. The first-order valence-corrected chi connectivity index (χ1v) is 7.76. The molecule has 0 saturated carbocycles. The van der Waals surface area contributed by atoms with E-state index in [9.17, 15) is 5.11 Å². The summed E-state index contributed by atoms with van der Waals surface area (Å²) in [5, 5.41) is 13.5. The first kappa shape index (κ1) is 12.8. The summed E-state index contributed by atoms with van der Waals surface area (Å²) >= 11 is 1.66. The third-order valence-electron chi connectivity index (χ3n) is 3.98. The SMILES string of the molecule is Cc1csc(CC(O)C2CCc3ccccc3C2)n1. The Balaban J connectivity index is 1.67. The summed E-state index contributed by atoms with van der Waals surface area (Å²) in [6, 6.07) is 8.61. The number of hydrogen-bond acceptors (Lipinski definition) is 3. The Morgan fingerprint density at radius 3 is 2.89 bits per heavy atom. The van der Waals surface area contributed by atoms with Crippen molar-refractivity contribution in [3.63, 3.8) is 0 Å². The van der Waals surface area contributed by atoms with E-state index in [2.05, 4.69) is 34.6 Å². The van der Waals surface area contributed by atoms with Crippen molar-refractivity contribution < 1.29 is 5.11 Å². The van der Waals surface area contributed by atoms with E-state index in [4.69, 9.17) is 0 Å². The molecule has 0 spiro atoms. The molecule has 0 radical (unpaired) electrons. The van der Waals surface area contributed by atoms with Gasteiger partial charge in [-0.3, -0.25) is 0 Å². The second-order valence-electron chi connectivity index (χ2n) is 5.43. The van der Waals surface area contributed by atoms with Crippen molar-refractivity contribution in [2.45, 2.75) is 38.7 Å². The third kappa shape index (κ3) is 2.88. The van der Waals surface area contributed by atoms with Gasteiger partial charge in [-0.1, -0.05) is 24.3 Å². The molecule has 2 nitrogen and oxygen atoms in total. The first-order chi connectivity index (χ1) is 9.22. The fourth-order valence-electron chi connectivity index (χ4n) is 2.90. The highest BCUT2D eigenvalue weighted by atomic mass is 32.1. The van der Waals surface area contributed by atoms with Crippen molar-refractivity contribution >= 4 is 11.3 Å². The van der Waals surface area contributed by atoms with Crippen LogP contribution in [0.3, 0.4) is 0 Å². The third-order valence-corrected chi connectivity index (χ3v) is 4.97. The smallest absolute Gasteiger partial charge is 0.0954 e. The number of aromatic nitrogens is 1. The average molecular weight is 273 g/mol. The second kappa shape index (κ2) is 5.43. The molecule has 1 heterocycles. The molecule has 0 fully saturated rings. The molecule has 0 aliphatic heterocycles. The van der Waals surface area contributed by atoms with Gasteiger partial charge in [0.25, 0.3) is 0 Å². The molecule has 0 amide bonds. The van der Waals surface area contributed by atoms with E-state index in [1.165, 1.54) is 11.1 Å². The number of aryl methyl sites for hydroxylation is 2. The van der Waals surface area contributed by atoms with Crippen molar-refractivity contribution in [1.29, 1.82) is 0 Å². The molecule has 3 rings (SSSR count). The van der Waals surface area contributed by atoms with E-state index in [1.807, 2.05) is 6.92 Å². The van der Waals surface area contributed by atoms with Crippen molar-refractivity contribution in [2.75, 3.05) is 0 Å². The molecule has 1 N–H and O–H groups in total. The maximum Gasteiger partial charge on any atom is 0.0954 e. The zero-order valence-corrected chi connectivity index (χ0v) is 12.0. The van der Waals surface area contributed by atoms with Gasteiger partial charge in [-0.05, 0) is 43.2 Å². The summed E-state index contributed by atoms with van der Waals surface area (Å²) in [5.41, 5.74) is 3.92. The monoisotopic (exact) mass is 273 g/mol. The van der Waals surface area contributed by atoms with Crippen LogP contribution in [0.2, 0.25) is 0 Å². The first-order valence-electron chi connectivity index (χ1n) is 6.88. The molecule has 1 aromatic carbocycles. The van der Waals surface area contributed by atoms with Crippen LogP contribution in [0.4, 0.5) is 0 Å². The summed E-state index contributed by atoms with van der Waals surface area (Å²) < 4.78 is 0. The lowest BCUT2D eigenvalue weighted by Gasteiger charge is -2.28. The standard InChI is InChI=1S/C16H19NOS/c1-11-10-19-16(17-11)9-15(18)14-7-6-12-4-2-3-5-13(12)8-14/h2-5,10,14-15,18H,6-9H2,1H3. The number of aliphatic hydroxyl groups is 1. The van der Waals surface area contributed by atoms with Gasteiger partial charge < -0.3 is 5.11 Å². The molecular weight excluding hydrogens is 254 g/mol. The molecule has 2 atom stereocenters. The van der Waals surface area contributed by atoms with Crippen molar-refractivity contribution in [2.24, 2.45) is 5.92 Å². The molecule has 1 aromatic heterocycles. The van der Waals surface area contributed by atoms with Gasteiger partial charge in [0.05, 0.1) is 11.1 Å². The summed E-state index contributed by atoms with van der Waals surface area (Å²) in [6.45, 7) is 2.00. The Morgan fingerprint density at radius 2 is 2.16 bits per heavy atom. The van der Waals surface area contributed by atoms with Crippen molar-refractivity contribution in [1.82, 2.24) is 4.98 Å². The number of nitrogens with zero attached hydrogens (tertiary/aromatic N) is 1. The van der Waals surface area contributed by atoms with Crippen LogP contribution in [0.5, 0.6) is 0 Å². The zero-order valence-electron chi connectivity index (χ0n) is 11.2. The van der Waals surface area contributed by atoms with Crippen molar-refractivity contribution in [3.05, 3.63) is 51.5 Å². The van der Waals surface area contributed by atoms with Gasteiger partial charge in [0.15, 0.2) is 0 Å². The summed E-state index contributed by atoms with van der Waals surface area (Å²) in [6.07, 6.45) is 3.61. The Hall–Kier alpha value is -1.19. The molecule has 100 valence electrons. The summed E-state index contributed by atoms with van der Waals surface area (Å²) in [5.74, 6) is 0.374. The topological polar surface area (TPSA) is 33.1 Å². The predicted octanol–water partition coefficient (Wildman–Crippen LogP) is 3.16. The quantitative estimate of drug-likeness (QED) is 0.932. The van der Waals surface area contributed by atoms with E-state index < -0.39 is 0 Å². The number of hydrogen-bond donors (Lipinski definition) is 1. The van der Waals surface area contributed by atoms with Gasteiger partial charge in [-0.25, -0.2) is 4.98 Å². The Kier molecular flexibility index (Phi) is 3.67. The van der Waals surface area contributed by atoms with E-state index >= 15 is 0 Å². The fraction of sp³-hybridized carbons (Fsp3) is 0.438. The summed E-state index contributed by atoms with van der Waals surface area (Å²) in [7, 11) is 0. The van der Waals surface area contributed by atoms with Crippen LogP contribution < -0.4 is 0 Å². The molecule has 19 heavy (non-hydrogen) atoms. The van der Waals surface area contributed by atoms with Gasteiger partial charge in [0.1, 0.15) is 0 Å². The predicted molar refractivity (Wildman–Crippen MR) is 78.5 cm³/mol. The lowest BCUT2D eigenvalue weighted by molar-refractivity contribution is 0.0992. The second-order valence-corrected chi connectivity index (χ2v) is 6.37. The Labute approximate surface area is 118 Å². The molecular formula is C16H19NOS. The van der Waals surface area contributed by atoms with Crippen LogP contribution in [-0.4, -0.2) is 16.2 Å². The van der Waals surface area contributed by atoms with Crippen LogP contribution in [-0.2, 0) is 19.3 Å². The minimum absolute atomic E-state index is 0.265. The lowest BCUT2D eigenvalue weighted by Crippen LogP contribution is -2.28. The lowest BCUT2D eigenvalue weighted by atomic mass is 9.80. The average Bonchev–Trinajstić information content (AvgIpc) is 2.83. The van der Waals surface area contributed by atoms with Crippen LogP contribution in [0.25, 0.3) is 0 Å².